The standard InChI is InChI=1S/C15H12N2O2/c18-13-9-16-8-12-6-7-14(19)17(15(12)13)10-11-4-2-1-3-5-11/h1-9,18H,10H2. The first-order valence-corrected chi connectivity index (χ1v) is 5.96. The van der Waals surface area contributed by atoms with E-state index >= 15 is 0 Å². The van der Waals surface area contributed by atoms with Gasteiger partial charge in [-0.05, 0) is 11.6 Å². The summed E-state index contributed by atoms with van der Waals surface area (Å²) in [6.07, 6.45) is 2.99. The summed E-state index contributed by atoms with van der Waals surface area (Å²) in [4.78, 5) is 15.9. The average Bonchev–Trinajstić information content (AvgIpc) is 2.43. The number of hydrogen-bond donors (Lipinski definition) is 1. The molecule has 3 aromatic rings. The average molecular weight is 252 g/mol. The van der Waals surface area contributed by atoms with Crippen LogP contribution in [0.15, 0.2) is 59.7 Å². The second kappa shape index (κ2) is 4.57. The molecule has 0 saturated heterocycles. The molecule has 1 N–H and O–H groups in total. The van der Waals surface area contributed by atoms with Crippen molar-refractivity contribution < 1.29 is 5.11 Å². The molecular weight excluding hydrogens is 240 g/mol. The van der Waals surface area contributed by atoms with Crippen LogP contribution in [0.1, 0.15) is 5.56 Å². The SMILES string of the molecule is O=c1ccc2cncc(O)c2n1Cc1ccccc1. The normalized spacial score (nSPS) is 10.7. The predicted molar refractivity (Wildman–Crippen MR) is 73.2 cm³/mol. The van der Waals surface area contributed by atoms with Crippen LogP contribution in [0.3, 0.4) is 0 Å². The van der Waals surface area contributed by atoms with Crippen molar-refractivity contribution in [3.63, 3.8) is 0 Å². The zero-order valence-electron chi connectivity index (χ0n) is 10.2. The van der Waals surface area contributed by atoms with E-state index in [2.05, 4.69) is 4.98 Å². The van der Waals surface area contributed by atoms with Gasteiger partial charge in [-0.1, -0.05) is 30.3 Å². The number of hydrogen-bond acceptors (Lipinski definition) is 3. The topological polar surface area (TPSA) is 55.1 Å². The number of aromatic hydroxyl groups is 1. The van der Waals surface area contributed by atoms with Crippen LogP contribution in [0.25, 0.3) is 10.9 Å². The smallest absolute Gasteiger partial charge is 0.251 e. The molecule has 3 rings (SSSR count). The third-order valence-corrected chi connectivity index (χ3v) is 3.05. The van der Waals surface area contributed by atoms with E-state index in [4.69, 9.17) is 0 Å². The first-order valence-electron chi connectivity index (χ1n) is 5.96. The van der Waals surface area contributed by atoms with Gasteiger partial charge in [0.1, 0.15) is 0 Å². The molecule has 4 nitrogen and oxygen atoms in total. The van der Waals surface area contributed by atoms with Crippen molar-refractivity contribution in [1.82, 2.24) is 9.55 Å². The summed E-state index contributed by atoms with van der Waals surface area (Å²) in [6.45, 7) is 0.425. The van der Waals surface area contributed by atoms with E-state index in [0.29, 0.717) is 12.1 Å². The van der Waals surface area contributed by atoms with Gasteiger partial charge in [0.2, 0.25) is 0 Å². The molecule has 0 unspecified atom stereocenters. The first kappa shape index (κ1) is 11.5. The number of nitrogens with zero attached hydrogens (tertiary/aromatic N) is 2. The summed E-state index contributed by atoms with van der Waals surface area (Å²) in [5.41, 5.74) is 1.39. The lowest BCUT2D eigenvalue weighted by Crippen LogP contribution is -2.20. The molecular formula is C15H12N2O2. The zero-order valence-corrected chi connectivity index (χ0v) is 10.2. The number of pyridine rings is 2. The summed E-state index contributed by atoms with van der Waals surface area (Å²) < 4.78 is 1.56. The van der Waals surface area contributed by atoms with Gasteiger partial charge >= 0.3 is 0 Å². The van der Waals surface area contributed by atoms with Gasteiger partial charge in [0.25, 0.3) is 5.56 Å². The van der Waals surface area contributed by atoms with Gasteiger partial charge in [0.15, 0.2) is 5.75 Å². The Hall–Kier alpha value is -2.62. The zero-order chi connectivity index (χ0) is 13.2. The second-order valence-corrected chi connectivity index (χ2v) is 4.34. The van der Waals surface area contributed by atoms with E-state index in [1.165, 1.54) is 12.3 Å². The largest absolute Gasteiger partial charge is 0.504 e. The monoisotopic (exact) mass is 252 g/mol. The lowest BCUT2D eigenvalue weighted by atomic mass is 10.2. The van der Waals surface area contributed by atoms with Crippen molar-refractivity contribution in [2.45, 2.75) is 6.54 Å². The minimum atomic E-state index is -0.141. The molecule has 19 heavy (non-hydrogen) atoms. The Labute approximate surface area is 109 Å². The van der Waals surface area contributed by atoms with Crippen LogP contribution in [0.2, 0.25) is 0 Å². The van der Waals surface area contributed by atoms with Crippen LogP contribution in [-0.2, 0) is 6.54 Å². The molecule has 4 heteroatoms. The molecule has 2 heterocycles. The van der Waals surface area contributed by atoms with E-state index in [1.807, 2.05) is 30.3 Å². The van der Waals surface area contributed by atoms with Crippen molar-refractivity contribution in [1.29, 1.82) is 0 Å². The van der Waals surface area contributed by atoms with E-state index in [-0.39, 0.29) is 11.3 Å². The van der Waals surface area contributed by atoms with Crippen LogP contribution in [-0.4, -0.2) is 14.7 Å². The number of aromatic nitrogens is 2. The van der Waals surface area contributed by atoms with E-state index < -0.39 is 0 Å². The Kier molecular flexibility index (Phi) is 2.76. The van der Waals surface area contributed by atoms with Crippen molar-refractivity contribution >= 4 is 10.9 Å². The quantitative estimate of drug-likeness (QED) is 0.760. The Bertz CT molecular complexity index is 779. The molecule has 0 aliphatic rings. The van der Waals surface area contributed by atoms with Gasteiger partial charge < -0.3 is 9.67 Å². The summed E-state index contributed by atoms with van der Waals surface area (Å²) in [5, 5.41) is 10.7. The summed E-state index contributed by atoms with van der Waals surface area (Å²) in [5.74, 6) is 0.0196. The molecule has 0 amide bonds. The third kappa shape index (κ3) is 2.08. The van der Waals surface area contributed by atoms with Crippen molar-refractivity contribution in [3.8, 4) is 5.75 Å². The van der Waals surface area contributed by atoms with Crippen molar-refractivity contribution in [3.05, 3.63) is 70.8 Å². The predicted octanol–water partition coefficient (Wildman–Crippen LogP) is 2.15. The second-order valence-electron chi connectivity index (χ2n) is 4.34. The summed E-state index contributed by atoms with van der Waals surface area (Å²) >= 11 is 0. The number of benzene rings is 1. The summed E-state index contributed by atoms with van der Waals surface area (Å²) in [7, 11) is 0. The van der Waals surface area contributed by atoms with Gasteiger partial charge in [-0.15, -0.1) is 0 Å². The minimum Gasteiger partial charge on any atom is -0.504 e. The van der Waals surface area contributed by atoms with Crippen LogP contribution in [0.5, 0.6) is 5.75 Å². The third-order valence-electron chi connectivity index (χ3n) is 3.05. The van der Waals surface area contributed by atoms with Gasteiger partial charge in [0.05, 0.1) is 18.3 Å². The molecule has 2 aromatic heterocycles. The van der Waals surface area contributed by atoms with Gasteiger partial charge in [0, 0.05) is 17.6 Å². The van der Waals surface area contributed by atoms with Gasteiger partial charge in [-0.3, -0.25) is 9.78 Å². The maximum atomic E-state index is 12.0. The van der Waals surface area contributed by atoms with Crippen molar-refractivity contribution in [2.75, 3.05) is 0 Å². The van der Waals surface area contributed by atoms with Crippen molar-refractivity contribution in [2.24, 2.45) is 0 Å². The molecule has 0 bridgehead atoms. The highest BCUT2D eigenvalue weighted by Gasteiger charge is 2.08. The molecule has 0 aliphatic heterocycles. The molecule has 0 saturated carbocycles. The molecule has 0 aliphatic carbocycles. The van der Waals surface area contributed by atoms with Crippen LogP contribution >= 0.6 is 0 Å². The van der Waals surface area contributed by atoms with Crippen LogP contribution in [0, 0.1) is 0 Å². The maximum Gasteiger partial charge on any atom is 0.251 e. The van der Waals surface area contributed by atoms with Crippen LogP contribution in [0.4, 0.5) is 0 Å². The fourth-order valence-corrected chi connectivity index (χ4v) is 2.16. The maximum absolute atomic E-state index is 12.0. The Balaban J connectivity index is 2.22. The Morgan fingerprint density at radius 3 is 2.63 bits per heavy atom. The lowest BCUT2D eigenvalue weighted by molar-refractivity contribution is 0.475. The highest BCUT2D eigenvalue weighted by molar-refractivity contribution is 5.83. The Morgan fingerprint density at radius 1 is 1.05 bits per heavy atom. The molecule has 1 aromatic carbocycles. The highest BCUT2D eigenvalue weighted by Crippen LogP contribution is 2.21. The molecule has 0 fully saturated rings. The van der Waals surface area contributed by atoms with E-state index in [1.54, 1.807) is 16.8 Å². The lowest BCUT2D eigenvalue weighted by Gasteiger charge is -2.10. The minimum absolute atomic E-state index is 0.0196. The number of fused-ring (bicyclic) bond motifs is 1. The summed E-state index contributed by atoms with van der Waals surface area (Å²) in [6, 6.07) is 12.8. The van der Waals surface area contributed by atoms with E-state index in [9.17, 15) is 9.90 Å². The Morgan fingerprint density at radius 2 is 1.84 bits per heavy atom. The molecule has 0 spiro atoms. The van der Waals surface area contributed by atoms with Gasteiger partial charge in [-0.25, -0.2) is 0 Å². The fourth-order valence-electron chi connectivity index (χ4n) is 2.16. The molecule has 0 atom stereocenters. The molecule has 94 valence electrons. The number of rotatable bonds is 2. The van der Waals surface area contributed by atoms with Gasteiger partial charge in [-0.2, -0.15) is 0 Å². The molecule has 0 radical (unpaired) electrons. The first-order chi connectivity index (χ1) is 9.25. The van der Waals surface area contributed by atoms with E-state index in [0.717, 1.165) is 10.9 Å². The van der Waals surface area contributed by atoms with Crippen LogP contribution < -0.4 is 5.56 Å². The fraction of sp³-hybridized carbons (Fsp3) is 0.0667. The highest BCUT2D eigenvalue weighted by atomic mass is 16.3.